The summed E-state index contributed by atoms with van der Waals surface area (Å²) < 4.78 is 41.6. The van der Waals surface area contributed by atoms with Crippen LogP contribution >= 0.6 is 11.6 Å². The van der Waals surface area contributed by atoms with Gasteiger partial charge >= 0.3 is 0 Å². The van der Waals surface area contributed by atoms with E-state index < -0.39 is 10.0 Å². The molecule has 0 N–H and O–H groups in total. The van der Waals surface area contributed by atoms with Crippen LogP contribution in [-0.2, 0) is 16.4 Å². The highest BCUT2D eigenvalue weighted by Gasteiger charge is 2.33. The van der Waals surface area contributed by atoms with Crippen LogP contribution in [0.1, 0.15) is 48.5 Å². The largest absolute Gasteiger partial charge is 0.335 e. The number of benzene rings is 2. The molecule has 1 amide bonds. The van der Waals surface area contributed by atoms with Crippen molar-refractivity contribution in [2.24, 2.45) is 5.92 Å². The van der Waals surface area contributed by atoms with E-state index >= 15 is 0 Å². The lowest BCUT2D eigenvalue weighted by atomic mass is 10.0. The summed E-state index contributed by atoms with van der Waals surface area (Å²) in [7, 11) is -3.78. The van der Waals surface area contributed by atoms with Gasteiger partial charge in [0.25, 0.3) is 5.91 Å². The van der Waals surface area contributed by atoms with Gasteiger partial charge in [-0.15, -0.1) is 0 Å². The Hall–Kier alpha value is -1.96. The summed E-state index contributed by atoms with van der Waals surface area (Å²) >= 11 is 6.29. The molecule has 2 aliphatic heterocycles. The van der Waals surface area contributed by atoms with Gasteiger partial charge in [-0.05, 0) is 73.9 Å². The van der Waals surface area contributed by atoms with E-state index in [1.54, 1.807) is 17.0 Å². The van der Waals surface area contributed by atoms with E-state index in [1.165, 1.54) is 28.6 Å². The van der Waals surface area contributed by atoms with E-state index in [1.807, 2.05) is 13.0 Å². The molecular formula is C24H28ClFN2O3S. The molecule has 0 aromatic heterocycles. The maximum atomic E-state index is 13.6. The van der Waals surface area contributed by atoms with E-state index in [0.29, 0.717) is 31.6 Å². The maximum absolute atomic E-state index is 13.6. The molecule has 2 unspecified atom stereocenters. The summed E-state index contributed by atoms with van der Waals surface area (Å²) in [6, 6.07) is 10.9. The average Bonchev–Trinajstić information content (AvgIpc) is 3.21. The molecule has 5 nitrogen and oxygen atoms in total. The molecule has 172 valence electrons. The zero-order valence-electron chi connectivity index (χ0n) is 18.1. The van der Waals surface area contributed by atoms with Crippen LogP contribution in [0.15, 0.2) is 47.4 Å². The fourth-order valence-electron chi connectivity index (χ4n) is 4.75. The minimum atomic E-state index is -3.78. The number of nitrogens with zero attached hydrogens (tertiary/aromatic N) is 2. The number of rotatable bonds is 5. The number of sulfonamides is 1. The summed E-state index contributed by atoms with van der Waals surface area (Å²) in [4.78, 5) is 15.1. The summed E-state index contributed by atoms with van der Waals surface area (Å²) in [6.07, 6.45) is 4.06. The van der Waals surface area contributed by atoms with Crippen LogP contribution in [0.4, 0.5) is 4.39 Å². The van der Waals surface area contributed by atoms with Crippen LogP contribution in [0.3, 0.4) is 0 Å². The molecule has 2 atom stereocenters. The minimum absolute atomic E-state index is 0.0139. The van der Waals surface area contributed by atoms with Crippen LogP contribution < -0.4 is 0 Å². The fraction of sp³-hybridized carbons (Fsp3) is 0.458. The van der Waals surface area contributed by atoms with Gasteiger partial charge in [0.05, 0.1) is 5.02 Å². The summed E-state index contributed by atoms with van der Waals surface area (Å²) in [5, 5.41) is 0.123. The van der Waals surface area contributed by atoms with E-state index in [-0.39, 0.29) is 33.6 Å². The Kier molecular flexibility index (Phi) is 6.89. The molecule has 0 bridgehead atoms. The lowest BCUT2D eigenvalue weighted by Crippen LogP contribution is -2.39. The molecule has 32 heavy (non-hydrogen) atoms. The normalized spacial score (nSPS) is 22.3. The second-order valence-electron chi connectivity index (χ2n) is 8.88. The van der Waals surface area contributed by atoms with Gasteiger partial charge in [-0.25, -0.2) is 12.8 Å². The number of hydrogen-bond acceptors (Lipinski definition) is 3. The molecule has 0 saturated carbocycles. The fourth-order valence-corrected chi connectivity index (χ4v) is 6.85. The number of halogens is 2. The van der Waals surface area contributed by atoms with Crippen molar-refractivity contribution in [3.8, 4) is 0 Å². The number of hydrogen-bond donors (Lipinski definition) is 0. The molecule has 0 aliphatic carbocycles. The zero-order valence-corrected chi connectivity index (χ0v) is 19.7. The topological polar surface area (TPSA) is 57.7 Å². The number of carbonyl (C=O) groups excluding carboxylic acids is 1. The second kappa shape index (κ2) is 9.49. The predicted molar refractivity (Wildman–Crippen MR) is 123 cm³/mol. The summed E-state index contributed by atoms with van der Waals surface area (Å²) in [5.74, 6) is -0.225. The predicted octanol–water partition coefficient (Wildman–Crippen LogP) is 4.75. The molecule has 0 spiro atoms. The second-order valence-corrected chi connectivity index (χ2v) is 11.2. The highest BCUT2D eigenvalue weighted by atomic mass is 35.5. The standard InChI is InChI=1S/C24H28ClFN2O3S/c1-17-5-3-11-27(16-17)32(30,31)23-15-19(9-10-22(23)25)24(29)28-12-4-8-21(28)14-18-6-2-7-20(26)13-18/h2,6-7,9-10,13,15,17,21H,3-5,8,11-12,14,16H2,1H3. The van der Waals surface area contributed by atoms with E-state index in [0.717, 1.165) is 31.2 Å². The molecular weight excluding hydrogens is 451 g/mol. The van der Waals surface area contributed by atoms with Gasteiger partial charge < -0.3 is 4.90 Å². The molecule has 8 heteroatoms. The van der Waals surface area contributed by atoms with Crippen LogP contribution in [-0.4, -0.2) is 49.2 Å². The van der Waals surface area contributed by atoms with E-state index in [2.05, 4.69) is 0 Å². The van der Waals surface area contributed by atoms with Crippen molar-refractivity contribution in [3.05, 3.63) is 64.4 Å². The van der Waals surface area contributed by atoms with Gasteiger partial charge in [-0.1, -0.05) is 30.7 Å². The van der Waals surface area contributed by atoms with E-state index in [4.69, 9.17) is 11.6 Å². The van der Waals surface area contributed by atoms with Gasteiger partial charge in [0, 0.05) is 31.2 Å². The minimum Gasteiger partial charge on any atom is -0.335 e. The lowest BCUT2D eigenvalue weighted by molar-refractivity contribution is 0.0736. The molecule has 0 radical (unpaired) electrons. The lowest BCUT2D eigenvalue weighted by Gasteiger charge is -2.30. The Morgan fingerprint density at radius 2 is 1.91 bits per heavy atom. The molecule has 2 saturated heterocycles. The number of amides is 1. The molecule has 2 fully saturated rings. The van der Waals surface area contributed by atoms with Crippen LogP contribution in [0.25, 0.3) is 0 Å². The first-order valence-corrected chi connectivity index (χ1v) is 12.9. The summed E-state index contributed by atoms with van der Waals surface area (Å²) in [5.41, 5.74) is 1.15. The Bertz CT molecular complexity index is 1110. The first-order valence-electron chi connectivity index (χ1n) is 11.1. The first kappa shape index (κ1) is 23.2. The van der Waals surface area contributed by atoms with Gasteiger partial charge in [0.2, 0.25) is 10.0 Å². The van der Waals surface area contributed by atoms with Crippen molar-refractivity contribution < 1.29 is 17.6 Å². The van der Waals surface area contributed by atoms with Gasteiger partial charge in [-0.3, -0.25) is 4.79 Å². The van der Waals surface area contributed by atoms with Crippen molar-refractivity contribution in [3.63, 3.8) is 0 Å². The zero-order chi connectivity index (χ0) is 22.9. The van der Waals surface area contributed by atoms with Crippen LogP contribution in [0.2, 0.25) is 5.02 Å². The van der Waals surface area contributed by atoms with Gasteiger partial charge in [0.1, 0.15) is 10.7 Å². The summed E-state index contributed by atoms with van der Waals surface area (Å²) in [6.45, 7) is 3.55. The SMILES string of the molecule is CC1CCCN(S(=O)(=O)c2cc(C(=O)N3CCCC3Cc3cccc(F)c3)ccc2Cl)C1. The smallest absolute Gasteiger partial charge is 0.254 e. The first-order chi connectivity index (χ1) is 15.3. The highest BCUT2D eigenvalue weighted by molar-refractivity contribution is 7.89. The van der Waals surface area contributed by atoms with Crippen LogP contribution in [0.5, 0.6) is 0 Å². The highest BCUT2D eigenvalue weighted by Crippen LogP contribution is 2.31. The maximum Gasteiger partial charge on any atom is 0.254 e. The molecule has 2 aromatic carbocycles. The molecule has 4 rings (SSSR count). The van der Waals surface area contributed by atoms with Gasteiger partial charge in [-0.2, -0.15) is 4.31 Å². The van der Waals surface area contributed by atoms with Gasteiger partial charge in [0.15, 0.2) is 0 Å². The Labute approximate surface area is 194 Å². The van der Waals surface area contributed by atoms with Crippen molar-refractivity contribution >= 4 is 27.5 Å². The number of carbonyl (C=O) groups is 1. The van der Waals surface area contributed by atoms with E-state index in [9.17, 15) is 17.6 Å². The third kappa shape index (κ3) is 4.85. The Balaban J connectivity index is 1.57. The third-order valence-electron chi connectivity index (χ3n) is 6.41. The van der Waals surface area contributed by atoms with Crippen molar-refractivity contribution in [2.75, 3.05) is 19.6 Å². The quantitative estimate of drug-likeness (QED) is 0.623. The van der Waals surface area contributed by atoms with Crippen molar-refractivity contribution in [1.82, 2.24) is 9.21 Å². The Morgan fingerprint density at radius 3 is 2.66 bits per heavy atom. The molecule has 2 aliphatic rings. The number of piperidine rings is 1. The number of likely N-dealkylation sites (tertiary alicyclic amines) is 1. The average molecular weight is 479 g/mol. The van der Waals surface area contributed by atoms with Crippen LogP contribution in [0, 0.1) is 11.7 Å². The van der Waals surface area contributed by atoms with Crippen molar-refractivity contribution in [1.29, 1.82) is 0 Å². The third-order valence-corrected chi connectivity index (χ3v) is 8.76. The van der Waals surface area contributed by atoms with Crippen molar-refractivity contribution in [2.45, 2.75) is 50.0 Å². The molecule has 2 aromatic rings. The Morgan fingerprint density at radius 1 is 1.12 bits per heavy atom. The molecule has 2 heterocycles. The monoisotopic (exact) mass is 478 g/mol.